The zero-order valence-electron chi connectivity index (χ0n) is 12.8. The van der Waals surface area contributed by atoms with Crippen LogP contribution in [0, 0.1) is 0 Å². The van der Waals surface area contributed by atoms with Crippen LogP contribution in [0.25, 0.3) is 0 Å². The topological polar surface area (TPSA) is 77.8 Å². The fourth-order valence-electron chi connectivity index (χ4n) is 2.33. The van der Waals surface area contributed by atoms with Crippen LogP contribution in [0.2, 0.25) is 0 Å². The molecule has 0 heterocycles. The lowest BCUT2D eigenvalue weighted by molar-refractivity contribution is 0.0978. The van der Waals surface area contributed by atoms with Crippen molar-refractivity contribution in [3.63, 3.8) is 0 Å². The van der Waals surface area contributed by atoms with Gasteiger partial charge >= 0.3 is 0 Å². The average Bonchev–Trinajstić information content (AvgIpc) is 2.46. The fraction of sp³-hybridized carbons (Fsp3) is 0.588. The number of phenolic OH excluding ortho intramolecular Hbond substituents is 3. The summed E-state index contributed by atoms with van der Waals surface area (Å²) in [7, 11) is 0. The van der Waals surface area contributed by atoms with Crippen molar-refractivity contribution in [1.29, 1.82) is 0 Å². The van der Waals surface area contributed by atoms with Gasteiger partial charge in [-0.05, 0) is 18.6 Å². The minimum atomic E-state index is -0.585. The number of benzene rings is 1. The first kappa shape index (κ1) is 17.3. The summed E-state index contributed by atoms with van der Waals surface area (Å²) in [5.74, 6) is -1.63. The van der Waals surface area contributed by atoms with Crippen LogP contribution in [-0.4, -0.2) is 21.1 Å². The number of unbranched alkanes of at least 4 members (excludes halogenated alkanes) is 7. The minimum Gasteiger partial charge on any atom is -0.504 e. The lowest BCUT2D eigenvalue weighted by atomic mass is 10.0. The molecule has 21 heavy (non-hydrogen) atoms. The number of carbonyl (C=O) groups excluding carboxylic acids is 1. The normalized spacial score (nSPS) is 10.7. The summed E-state index contributed by atoms with van der Waals surface area (Å²) in [6.45, 7) is 2.20. The van der Waals surface area contributed by atoms with E-state index in [4.69, 9.17) is 0 Å². The van der Waals surface area contributed by atoms with E-state index in [1.54, 1.807) is 0 Å². The Hall–Kier alpha value is -1.71. The number of aromatic hydroxyl groups is 3. The van der Waals surface area contributed by atoms with Gasteiger partial charge in [0.2, 0.25) is 0 Å². The van der Waals surface area contributed by atoms with E-state index < -0.39 is 17.2 Å². The number of carbonyl (C=O) groups is 1. The second-order valence-corrected chi connectivity index (χ2v) is 5.51. The molecule has 1 aromatic carbocycles. The summed E-state index contributed by atoms with van der Waals surface area (Å²) >= 11 is 0. The highest BCUT2D eigenvalue weighted by Crippen LogP contribution is 2.35. The molecule has 4 heteroatoms. The van der Waals surface area contributed by atoms with Gasteiger partial charge in [0.15, 0.2) is 23.0 Å². The van der Waals surface area contributed by atoms with Crippen LogP contribution >= 0.6 is 0 Å². The summed E-state index contributed by atoms with van der Waals surface area (Å²) < 4.78 is 0. The molecule has 0 bridgehead atoms. The Morgan fingerprint density at radius 2 is 1.33 bits per heavy atom. The third kappa shape index (κ3) is 6.06. The molecule has 0 atom stereocenters. The molecule has 0 unspecified atom stereocenters. The Kier molecular flexibility index (Phi) is 7.65. The maximum Gasteiger partial charge on any atom is 0.200 e. The molecule has 0 amide bonds. The molecule has 1 rings (SSSR count). The standard InChI is InChI=1S/C17H26O4/c1-2-3-4-5-6-7-8-9-10-14(18)13-11-15(19)17(21)16(20)12-13/h11-12,19-21H,2-10H2,1H3. The Morgan fingerprint density at radius 3 is 1.86 bits per heavy atom. The van der Waals surface area contributed by atoms with Gasteiger partial charge in [0.25, 0.3) is 0 Å². The molecule has 0 aliphatic rings. The maximum atomic E-state index is 11.9. The van der Waals surface area contributed by atoms with Crippen molar-refractivity contribution in [2.24, 2.45) is 0 Å². The zero-order chi connectivity index (χ0) is 15.7. The number of hydrogen-bond donors (Lipinski definition) is 3. The SMILES string of the molecule is CCCCCCCCCCC(=O)c1cc(O)c(O)c(O)c1. The highest BCUT2D eigenvalue weighted by molar-refractivity contribution is 5.97. The van der Waals surface area contributed by atoms with E-state index in [1.165, 1.54) is 44.2 Å². The van der Waals surface area contributed by atoms with Crippen LogP contribution in [0.5, 0.6) is 17.2 Å². The molecule has 0 aromatic heterocycles. The molecular weight excluding hydrogens is 268 g/mol. The fourth-order valence-corrected chi connectivity index (χ4v) is 2.33. The predicted octanol–water partition coefficient (Wildman–Crippen LogP) is 4.52. The lowest BCUT2D eigenvalue weighted by Crippen LogP contribution is -1.99. The van der Waals surface area contributed by atoms with Crippen molar-refractivity contribution in [3.8, 4) is 17.2 Å². The number of hydrogen-bond acceptors (Lipinski definition) is 4. The third-order valence-corrected chi connectivity index (χ3v) is 3.65. The predicted molar refractivity (Wildman–Crippen MR) is 83.0 cm³/mol. The zero-order valence-corrected chi connectivity index (χ0v) is 12.8. The number of ketones is 1. The van der Waals surface area contributed by atoms with E-state index in [2.05, 4.69) is 6.92 Å². The van der Waals surface area contributed by atoms with Crippen molar-refractivity contribution in [2.75, 3.05) is 0 Å². The summed E-state index contributed by atoms with van der Waals surface area (Å²) in [6.07, 6.45) is 9.70. The molecular formula is C17H26O4. The van der Waals surface area contributed by atoms with Crippen molar-refractivity contribution >= 4 is 5.78 Å². The largest absolute Gasteiger partial charge is 0.504 e. The number of rotatable bonds is 10. The first-order valence-electron chi connectivity index (χ1n) is 7.84. The summed E-state index contributed by atoms with van der Waals surface area (Å²) in [5, 5.41) is 28.0. The smallest absolute Gasteiger partial charge is 0.200 e. The number of Topliss-reactive ketones (excluding diaryl/α,β-unsaturated/α-hetero) is 1. The molecule has 0 spiro atoms. The van der Waals surface area contributed by atoms with E-state index >= 15 is 0 Å². The van der Waals surface area contributed by atoms with E-state index in [-0.39, 0.29) is 11.3 Å². The van der Waals surface area contributed by atoms with Crippen LogP contribution < -0.4 is 0 Å². The van der Waals surface area contributed by atoms with Crippen molar-refractivity contribution in [3.05, 3.63) is 17.7 Å². The highest BCUT2D eigenvalue weighted by atomic mass is 16.3. The summed E-state index contributed by atoms with van der Waals surface area (Å²) in [5.41, 5.74) is 0.241. The third-order valence-electron chi connectivity index (χ3n) is 3.65. The van der Waals surface area contributed by atoms with Gasteiger partial charge in [0, 0.05) is 12.0 Å². The maximum absolute atomic E-state index is 11.9. The molecule has 4 nitrogen and oxygen atoms in total. The quantitative estimate of drug-likeness (QED) is 0.337. The van der Waals surface area contributed by atoms with Gasteiger partial charge < -0.3 is 15.3 Å². The van der Waals surface area contributed by atoms with E-state index in [9.17, 15) is 20.1 Å². The van der Waals surface area contributed by atoms with E-state index in [1.807, 2.05) is 0 Å². The first-order valence-corrected chi connectivity index (χ1v) is 7.84. The average molecular weight is 294 g/mol. The molecule has 0 aliphatic heterocycles. The van der Waals surface area contributed by atoms with Gasteiger partial charge in [-0.3, -0.25) is 4.79 Å². The summed E-state index contributed by atoms with van der Waals surface area (Å²) in [4.78, 5) is 11.9. The Bertz CT molecular complexity index is 431. The van der Waals surface area contributed by atoms with Crippen molar-refractivity contribution < 1.29 is 20.1 Å². The number of phenols is 3. The van der Waals surface area contributed by atoms with Gasteiger partial charge in [0.1, 0.15) is 0 Å². The molecule has 1 aromatic rings. The Morgan fingerprint density at radius 1 is 0.857 bits per heavy atom. The molecule has 0 fully saturated rings. The highest BCUT2D eigenvalue weighted by Gasteiger charge is 2.13. The van der Waals surface area contributed by atoms with E-state index in [0.717, 1.165) is 19.3 Å². The minimum absolute atomic E-state index is 0.119. The van der Waals surface area contributed by atoms with Crippen LogP contribution in [0.15, 0.2) is 12.1 Å². The van der Waals surface area contributed by atoms with Crippen LogP contribution in [0.4, 0.5) is 0 Å². The lowest BCUT2D eigenvalue weighted by Gasteiger charge is -2.05. The van der Waals surface area contributed by atoms with Crippen LogP contribution in [0.3, 0.4) is 0 Å². The molecule has 3 N–H and O–H groups in total. The van der Waals surface area contributed by atoms with Gasteiger partial charge in [-0.15, -0.1) is 0 Å². The van der Waals surface area contributed by atoms with Crippen molar-refractivity contribution in [1.82, 2.24) is 0 Å². The first-order chi connectivity index (χ1) is 10.1. The Balaban J connectivity index is 2.25. The monoisotopic (exact) mass is 294 g/mol. The molecule has 0 saturated heterocycles. The van der Waals surface area contributed by atoms with Gasteiger partial charge in [0.05, 0.1) is 0 Å². The van der Waals surface area contributed by atoms with Crippen molar-refractivity contribution in [2.45, 2.75) is 64.7 Å². The van der Waals surface area contributed by atoms with Crippen LogP contribution in [0.1, 0.15) is 75.1 Å². The molecule has 118 valence electrons. The second kappa shape index (κ2) is 9.27. The Labute approximate surface area is 126 Å². The molecule has 0 radical (unpaired) electrons. The second-order valence-electron chi connectivity index (χ2n) is 5.51. The van der Waals surface area contributed by atoms with Crippen LogP contribution in [-0.2, 0) is 0 Å². The van der Waals surface area contributed by atoms with Gasteiger partial charge in [-0.25, -0.2) is 0 Å². The molecule has 0 aliphatic carbocycles. The van der Waals surface area contributed by atoms with Gasteiger partial charge in [-0.2, -0.15) is 0 Å². The van der Waals surface area contributed by atoms with E-state index in [0.29, 0.717) is 6.42 Å². The van der Waals surface area contributed by atoms with Gasteiger partial charge in [-0.1, -0.05) is 51.9 Å². The summed E-state index contributed by atoms with van der Waals surface area (Å²) in [6, 6.07) is 2.39. The molecule has 0 saturated carbocycles.